The molecule has 138 valence electrons. The van der Waals surface area contributed by atoms with E-state index in [0.717, 1.165) is 22.5 Å². The summed E-state index contributed by atoms with van der Waals surface area (Å²) in [7, 11) is 0. The Bertz CT molecular complexity index is 1090. The highest BCUT2D eigenvalue weighted by molar-refractivity contribution is 5.63. The van der Waals surface area contributed by atoms with Crippen molar-refractivity contribution >= 4 is 5.69 Å². The fourth-order valence-electron chi connectivity index (χ4n) is 2.95. The van der Waals surface area contributed by atoms with Crippen LogP contribution >= 0.6 is 0 Å². The van der Waals surface area contributed by atoms with Crippen LogP contribution in [-0.2, 0) is 6.61 Å². The van der Waals surface area contributed by atoms with E-state index in [1.54, 1.807) is 22.9 Å². The molecule has 0 amide bonds. The number of aromatic nitrogens is 2. The average Bonchev–Trinajstić information content (AvgIpc) is 3.18. The average molecular weight is 371 g/mol. The van der Waals surface area contributed by atoms with Crippen molar-refractivity contribution in [2.45, 2.75) is 6.61 Å². The van der Waals surface area contributed by atoms with Crippen molar-refractivity contribution in [3.05, 3.63) is 107 Å². The lowest BCUT2D eigenvalue weighted by atomic mass is 10.1. The lowest BCUT2D eigenvalue weighted by Gasteiger charge is -2.06. The summed E-state index contributed by atoms with van der Waals surface area (Å²) in [5.74, 6) is 0.235. The Kier molecular flexibility index (Phi) is 4.84. The minimum Gasteiger partial charge on any atom is -0.482 e. The summed E-state index contributed by atoms with van der Waals surface area (Å²) in [4.78, 5) is 10.8. The molecule has 6 nitrogen and oxygen atoms in total. The minimum atomic E-state index is -0.444. The van der Waals surface area contributed by atoms with Crippen molar-refractivity contribution < 1.29 is 9.66 Å². The fourth-order valence-corrected chi connectivity index (χ4v) is 2.95. The van der Waals surface area contributed by atoms with Crippen molar-refractivity contribution in [1.29, 1.82) is 0 Å². The lowest BCUT2D eigenvalue weighted by molar-refractivity contribution is -0.385. The summed E-state index contributed by atoms with van der Waals surface area (Å²) in [5, 5.41) is 15.9. The van der Waals surface area contributed by atoms with Crippen LogP contribution in [0.5, 0.6) is 5.75 Å². The zero-order valence-electron chi connectivity index (χ0n) is 14.9. The highest BCUT2D eigenvalue weighted by Gasteiger charge is 2.17. The number of rotatable bonds is 6. The van der Waals surface area contributed by atoms with E-state index < -0.39 is 4.92 Å². The van der Waals surface area contributed by atoms with Crippen LogP contribution in [0.25, 0.3) is 16.9 Å². The second-order valence-electron chi connectivity index (χ2n) is 6.16. The van der Waals surface area contributed by atoms with Gasteiger partial charge in [-0.2, -0.15) is 5.10 Å². The molecule has 0 radical (unpaired) electrons. The molecule has 0 spiro atoms. The number of hydrogen-bond donors (Lipinski definition) is 0. The van der Waals surface area contributed by atoms with E-state index >= 15 is 0 Å². The number of ether oxygens (including phenoxy) is 1. The van der Waals surface area contributed by atoms with E-state index in [-0.39, 0.29) is 18.0 Å². The van der Waals surface area contributed by atoms with Gasteiger partial charge in [0.2, 0.25) is 0 Å². The molecule has 0 atom stereocenters. The molecule has 6 heteroatoms. The molecule has 0 unspecified atom stereocenters. The molecule has 0 saturated heterocycles. The summed E-state index contributed by atoms with van der Waals surface area (Å²) in [6.07, 6.45) is 1.90. The SMILES string of the molecule is O=[N+]([O-])c1ccccc1OCc1cn(-c2ccccc2)nc1-c1ccccc1. The number of para-hydroxylation sites is 3. The van der Waals surface area contributed by atoms with Crippen molar-refractivity contribution in [1.82, 2.24) is 9.78 Å². The number of nitro benzene ring substituents is 1. The lowest BCUT2D eigenvalue weighted by Crippen LogP contribution is -1.99. The van der Waals surface area contributed by atoms with Crippen LogP contribution in [0, 0.1) is 10.1 Å². The highest BCUT2D eigenvalue weighted by Crippen LogP contribution is 2.29. The van der Waals surface area contributed by atoms with E-state index in [9.17, 15) is 10.1 Å². The Morgan fingerprint density at radius 1 is 0.893 bits per heavy atom. The van der Waals surface area contributed by atoms with Gasteiger partial charge < -0.3 is 4.74 Å². The van der Waals surface area contributed by atoms with Crippen LogP contribution in [-0.4, -0.2) is 14.7 Å². The van der Waals surface area contributed by atoms with Crippen LogP contribution in [0.1, 0.15) is 5.56 Å². The minimum absolute atomic E-state index is 0.0563. The Hall–Kier alpha value is -3.93. The van der Waals surface area contributed by atoms with E-state index in [2.05, 4.69) is 0 Å². The van der Waals surface area contributed by atoms with Crippen LogP contribution in [0.15, 0.2) is 91.1 Å². The monoisotopic (exact) mass is 371 g/mol. The predicted molar refractivity (Wildman–Crippen MR) is 106 cm³/mol. The molecule has 0 N–H and O–H groups in total. The van der Waals surface area contributed by atoms with Crippen LogP contribution in [0.3, 0.4) is 0 Å². The van der Waals surface area contributed by atoms with Gasteiger partial charge >= 0.3 is 5.69 Å². The molecule has 1 aromatic heterocycles. The van der Waals surface area contributed by atoms with E-state index in [1.165, 1.54) is 6.07 Å². The number of nitro groups is 1. The van der Waals surface area contributed by atoms with E-state index in [0.29, 0.717) is 0 Å². The summed E-state index contributed by atoms with van der Waals surface area (Å²) in [6.45, 7) is 0.169. The van der Waals surface area contributed by atoms with Gasteiger partial charge in [-0.15, -0.1) is 0 Å². The maximum atomic E-state index is 11.2. The van der Waals surface area contributed by atoms with Gasteiger partial charge in [0.1, 0.15) is 6.61 Å². The van der Waals surface area contributed by atoms with Crippen LogP contribution in [0.2, 0.25) is 0 Å². The number of hydrogen-bond acceptors (Lipinski definition) is 4. The molecule has 0 aliphatic heterocycles. The summed E-state index contributed by atoms with van der Waals surface area (Å²) in [5.41, 5.74) is 3.45. The first-order valence-corrected chi connectivity index (χ1v) is 8.78. The third kappa shape index (κ3) is 3.61. The molecule has 4 rings (SSSR count). The molecule has 28 heavy (non-hydrogen) atoms. The van der Waals surface area contributed by atoms with E-state index in [1.807, 2.05) is 66.9 Å². The molecule has 0 saturated carbocycles. The maximum absolute atomic E-state index is 11.2. The standard InChI is InChI=1S/C22H17N3O3/c26-25(27)20-13-7-8-14-21(20)28-16-18-15-24(19-11-5-2-6-12-19)23-22(18)17-9-3-1-4-10-17/h1-15H,16H2. The predicted octanol–water partition coefficient (Wildman–Crippen LogP) is 5.03. The van der Waals surface area contributed by atoms with Gasteiger partial charge in [0.25, 0.3) is 0 Å². The van der Waals surface area contributed by atoms with Crippen molar-refractivity contribution in [2.24, 2.45) is 0 Å². The summed E-state index contributed by atoms with van der Waals surface area (Å²) < 4.78 is 7.59. The van der Waals surface area contributed by atoms with E-state index in [4.69, 9.17) is 9.84 Å². The fraction of sp³-hybridized carbons (Fsp3) is 0.0455. The largest absolute Gasteiger partial charge is 0.482 e. The normalized spacial score (nSPS) is 10.6. The molecule has 1 heterocycles. The maximum Gasteiger partial charge on any atom is 0.310 e. The highest BCUT2D eigenvalue weighted by atomic mass is 16.6. The quantitative estimate of drug-likeness (QED) is 0.352. The molecule has 0 bridgehead atoms. The van der Waals surface area contributed by atoms with Crippen molar-refractivity contribution in [3.63, 3.8) is 0 Å². The Balaban J connectivity index is 1.70. The van der Waals surface area contributed by atoms with Gasteiger partial charge in [0.05, 0.1) is 16.3 Å². The van der Waals surface area contributed by atoms with Crippen molar-refractivity contribution in [2.75, 3.05) is 0 Å². The van der Waals surface area contributed by atoms with Gasteiger partial charge in [0, 0.05) is 23.4 Å². The molecule has 4 aromatic rings. The second-order valence-corrected chi connectivity index (χ2v) is 6.16. The van der Waals surface area contributed by atoms with Gasteiger partial charge in [-0.1, -0.05) is 60.7 Å². The summed E-state index contributed by atoms with van der Waals surface area (Å²) in [6, 6.07) is 25.9. The molecular weight excluding hydrogens is 354 g/mol. The van der Waals surface area contributed by atoms with Crippen LogP contribution < -0.4 is 4.74 Å². The molecular formula is C22H17N3O3. The topological polar surface area (TPSA) is 70.2 Å². The molecule has 0 fully saturated rings. The van der Waals surface area contributed by atoms with Gasteiger partial charge in [-0.25, -0.2) is 4.68 Å². The van der Waals surface area contributed by atoms with Gasteiger partial charge in [-0.05, 0) is 18.2 Å². The number of nitrogens with zero attached hydrogens (tertiary/aromatic N) is 3. The zero-order chi connectivity index (χ0) is 19.3. The first kappa shape index (κ1) is 17.5. The first-order valence-electron chi connectivity index (χ1n) is 8.78. The third-order valence-electron chi connectivity index (χ3n) is 4.30. The Morgan fingerprint density at radius 3 is 2.25 bits per heavy atom. The zero-order valence-corrected chi connectivity index (χ0v) is 14.9. The Labute approximate surface area is 161 Å². The smallest absolute Gasteiger partial charge is 0.310 e. The van der Waals surface area contributed by atoms with Crippen LogP contribution in [0.4, 0.5) is 5.69 Å². The van der Waals surface area contributed by atoms with Crippen molar-refractivity contribution in [3.8, 4) is 22.7 Å². The summed E-state index contributed by atoms with van der Waals surface area (Å²) >= 11 is 0. The van der Waals surface area contributed by atoms with Gasteiger partial charge in [0.15, 0.2) is 5.75 Å². The number of benzene rings is 3. The van der Waals surface area contributed by atoms with Gasteiger partial charge in [-0.3, -0.25) is 10.1 Å². The first-order chi connectivity index (χ1) is 13.7. The Morgan fingerprint density at radius 2 is 1.54 bits per heavy atom. The molecule has 0 aliphatic rings. The third-order valence-corrected chi connectivity index (χ3v) is 4.30. The second kappa shape index (κ2) is 7.75. The molecule has 3 aromatic carbocycles. The molecule has 0 aliphatic carbocycles.